The number of carbonyl (C=O) groups is 2. The Kier molecular flexibility index (Phi) is 14.0. The molecule has 4 rings (SSSR count). The third-order valence-corrected chi connectivity index (χ3v) is 7.57. The monoisotopic (exact) mass is 567 g/mol. The first-order valence-electron chi connectivity index (χ1n) is 14.3. The van der Waals surface area contributed by atoms with E-state index in [9.17, 15) is 14.7 Å². The first-order chi connectivity index (χ1) is 19.2. The lowest BCUT2D eigenvalue weighted by Gasteiger charge is -2.28. The van der Waals surface area contributed by atoms with Crippen LogP contribution in [-0.4, -0.2) is 33.3 Å². The van der Waals surface area contributed by atoms with E-state index in [1.54, 1.807) is 0 Å². The van der Waals surface area contributed by atoms with E-state index in [1.807, 2.05) is 77.1 Å². The van der Waals surface area contributed by atoms with Crippen LogP contribution in [-0.2, 0) is 16.0 Å². The van der Waals surface area contributed by atoms with E-state index >= 15 is 0 Å². The van der Waals surface area contributed by atoms with E-state index in [4.69, 9.17) is 0 Å². The first kappa shape index (κ1) is 33.1. The SMILES string of the molecule is CC.CC(C)(C)OC=O.CCC1CCC(c2ccc(C(=O)Nc3nnc(CC(O)c4ccccc4)s3)cc2)CC1. The predicted molar refractivity (Wildman–Crippen MR) is 163 cm³/mol. The number of carbonyl (C=O) groups excluding carboxylic acids is 2. The maximum atomic E-state index is 12.6. The minimum Gasteiger partial charge on any atom is -0.462 e. The van der Waals surface area contributed by atoms with Gasteiger partial charge in [-0.15, -0.1) is 10.2 Å². The Morgan fingerprint density at radius 3 is 2.20 bits per heavy atom. The number of anilines is 1. The molecule has 1 atom stereocenters. The lowest BCUT2D eigenvalue weighted by molar-refractivity contribution is -0.138. The van der Waals surface area contributed by atoms with Crippen molar-refractivity contribution in [3.8, 4) is 0 Å². The van der Waals surface area contributed by atoms with E-state index in [2.05, 4.69) is 39.3 Å². The Labute approximate surface area is 243 Å². The maximum Gasteiger partial charge on any atom is 0.293 e. The highest BCUT2D eigenvalue weighted by atomic mass is 32.1. The first-order valence-corrected chi connectivity index (χ1v) is 15.1. The van der Waals surface area contributed by atoms with Crippen LogP contribution in [0.15, 0.2) is 54.6 Å². The molecule has 1 amide bonds. The fourth-order valence-electron chi connectivity index (χ4n) is 4.47. The molecule has 8 heteroatoms. The van der Waals surface area contributed by atoms with Gasteiger partial charge < -0.3 is 9.84 Å². The molecular weight excluding hydrogens is 522 g/mol. The summed E-state index contributed by atoms with van der Waals surface area (Å²) in [5, 5.41) is 22.5. The second-order valence-corrected chi connectivity index (χ2v) is 11.7. The zero-order valence-corrected chi connectivity index (χ0v) is 25.5. The van der Waals surface area contributed by atoms with Gasteiger partial charge in [0.15, 0.2) is 0 Å². The number of amides is 1. The van der Waals surface area contributed by atoms with Crippen molar-refractivity contribution < 1.29 is 19.4 Å². The van der Waals surface area contributed by atoms with Crippen LogP contribution in [0.2, 0.25) is 0 Å². The molecule has 7 nitrogen and oxygen atoms in total. The van der Waals surface area contributed by atoms with Gasteiger partial charge in [0.25, 0.3) is 12.4 Å². The average Bonchev–Trinajstić information content (AvgIpc) is 3.40. The van der Waals surface area contributed by atoms with Gasteiger partial charge in [0, 0.05) is 12.0 Å². The Morgan fingerprint density at radius 2 is 1.68 bits per heavy atom. The van der Waals surface area contributed by atoms with Gasteiger partial charge in [0.05, 0.1) is 6.10 Å². The molecule has 1 heterocycles. The molecule has 1 unspecified atom stereocenters. The summed E-state index contributed by atoms with van der Waals surface area (Å²) in [7, 11) is 0. The van der Waals surface area contributed by atoms with Crippen LogP contribution in [0.4, 0.5) is 5.13 Å². The van der Waals surface area contributed by atoms with Gasteiger partial charge >= 0.3 is 0 Å². The van der Waals surface area contributed by atoms with Crippen molar-refractivity contribution in [1.82, 2.24) is 10.2 Å². The average molecular weight is 568 g/mol. The van der Waals surface area contributed by atoms with E-state index < -0.39 is 6.10 Å². The van der Waals surface area contributed by atoms with Crippen molar-refractivity contribution >= 4 is 28.8 Å². The summed E-state index contributed by atoms with van der Waals surface area (Å²) in [6.45, 7) is 12.2. The van der Waals surface area contributed by atoms with Crippen molar-refractivity contribution in [3.05, 3.63) is 76.3 Å². The highest BCUT2D eigenvalue weighted by Crippen LogP contribution is 2.37. The molecule has 3 aromatic rings. The minimum atomic E-state index is -0.641. The van der Waals surface area contributed by atoms with Gasteiger partial charge in [0.2, 0.25) is 5.13 Å². The van der Waals surface area contributed by atoms with Crippen molar-refractivity contribution in [2.45, 2.75) is 97.7 Å². The van der Waals surface area contributed by atoms with Crippen molar-refractivity contribution in [3.63, 3.8) is 0 Å². The summed E-state index contributed by atoms with van der Waals surface area (Å²) in [5.74, 6) is 1.31. The number of hydrogen-bond acceptors (Lipinski definition) is 7. The number of aliphatic hydroxyl groups excluding tert-OH is 1. The van der Waals surface area contributed by atoms with Crippen molar-refractivity contribution in [1.29, 1.82) is 0 Å². The molecular formula is C32H45N3O4S. The Bertz CT molecular complexity index is 1130. The quantitative estimate of drug-likeness (QED) is 0.270. The second kappa shape index (κ2) is 16.9. The standard InChI is InChI=1S/C25H29N3O2S.C5H10O2.C2H6/c1-2-17-8-10-18(11-9-17)19-12-14-21(15-13-19)24(30)26-25-28-27-23(31-25)16-22(29)20-6-4-3-5-7-20;1-5(2,3)7-4-6;1-2/h3-7,12-15,17-18,22,29H,2,8-11,16H2,1H3,(H,26,28,30);4H,1-3H3;1-2H3. The second-order valence-electron chi connectivity index (χ2n) is 10.7. The smallest absolute Gasteiger partial charge is 0.293 e. The van der Waals surface area contributed by atoms with Crippen LogP contribution < -0.4 is 5.32 Å². The molecule has 1 fully saturated rings. The van der Waals surface area contributed by atoms with Crippen LogP contribution >= 0.6 is 11.3 Å². The molecule has 0 bridgehead atoms. The van der Waals surface area contributed by atoms with Crippen LogP contribution in [0.25, 0.3) is 0 Å². The summed E-state index contributed by atoms with van der Waals surface area (Å²) in [5.41, 5.74) is 2.47. The van der Waals surface area contributed by atoms with E-state index in [1.165, 1.54) is 49.0 Å². The summed E-state index contributed by atoms with van der Waals surface area (Å²) in [6, 6.07) is 17.5. The fourth-order valence-corrected chi connectivity index (χ4v) is 5.24. The van der Waals surface area contributed by atoms with Crippen LogP contribution in [0.5, 0.6) is 0 Å². The van der Waals surface area contributed by atoms with Crippen LogP contribution in [0, 0.1) is 5.92 Å². The lowest BCUT2D eigenvalue weighted by Crippen LogP contribution is -2.17. The van der Waals surface area contributed by atoms with E-state index in [-0.39, 0.29) is 11.5 Å². The summed E-state index contributed by atoms with van der Waals surface area (Å²) in [6.07, 6.45) is 6.11. The lowest BCUT2D eigenvalue weighted by atomic mass is 9.78. The van der Waals surface area contributed by atoms with E-state index in [0.717, 1.165) is 11.5 Å². The third kappa shape index (κ3) is 11.2. The van der Waals surface area contributed by atoms with Gasteiger partial charge in [-0.05, 0) is 81.5 Å². The molecule has 1 saturated carbocycles. The van der Waals surface area contributed by atoms with Crippen LogP contribution in [0.3, 0.4) is 0 Å². The number of rotatable bonds is 8. The van der Waals surface area contributed by atoms with Gasteiger partial charge in [-0.3, -0.25) is 14.9 Å². The molecule has 1 aliphatic carbocycles. The number of aliphatic hydroxyl groups is 1. The minimum absolute atomic E-state index is 0.187. The molecule has 0 spiro atoms. The largest absolute Gasteiger partial charge is 0.462 e. The molecule has 0 saturated heterocycles. The molecule has 2 aromatic carbocycles. The van der Waals surface area contributed by atoms with Gasteiger partial charge in [0.1, 0.15) is 10.6 Å². The molecule has 0 aliphatic heterocycles. The highest BCUT2D eigenvalue weighted by Gasteiger charge is 2.21. The van der Waals surface area contributed by atoms with Crippen molar-refractivity contribution in [2.24, 2.45) is 5.92 Å². The zero-order chi connectivity index (χ0) is 29.5. The number of benzene rings is 2. The number of nitrogens with one attached hydrogen (secondary N) is 1. The highest BCUT2D eigenvalue weighted by molar-refractivity contribution is 7.15. The molecule has 1 aromatic heterocycles. The summed E-state index contributed by atoms with van der Waals surface area (Å²) < 4.78 is 4.55. The summed E-state index contributed by atoms with van der Waals surface area (Å²) in [4.78, 5) is 22.2. The fraction of sp³-hybridized carbons (Fsp3) is 0.500. The topological polar surface area (TPSA) is 101 Å². The Morgan fingerprint density at radius 1 is 1.05 bits per heavy atom. The van der Waals surface area contributed by atoms with Gasteiger partial charge in [-0.2, -0.15) is 0 Å². The molecule has 1 aliphatic rings. The van der Waals surface area contributed by atoms with Crippen LogP contribution in [0.1, 0.15) is 112 Å². The maximum absolute atomic E-state index is 12.6. The van der Waals surface area contributed by atoms with Gasteiger partial charge in [-0.1, -0.05) is 81.0 Å². The number of aromatic nitrogens is 2. The van der Waals surface area contributed by atoms with E-state index in [0.29, 0.717) is 34.5 Å². The molecule has 40 heavy (non-hydrogen) atoms. The number of ether oxygens (including phenoxy) is 1. The Hall–Kier alpha value is -3.10. The van der Waals surface area contributed by atoms with Gasteiger partial charge in [-0.25, -0.2) is 0 Å². The molecule has 218 valence electrons. The Balaban J connectivity index is 0.000000545. The predicted octanol–water partition coefficient (Wildman–Crippen LogP) is 7.73. The number of hydrogen-bond donors (Lipinski definition) is 2. The zero-order valence-electron chi connectivity index (χ0n) is 24.7. The normalized spacial score (nSPS) is 17.3. The third-order valence-electron chi connectivity index (χ3n) is 6.71. The molecule has 2 N–H and O–H groups in total. The number of nitrogens with zero attached hydrogens (tertiary/aromatic N) is 2. The van der Waals surface area contributed by atoms with Crippen molar-refractivity contribution in [2.75, 3.05) is 5.32 Å². The molecule has 0 radical (unpaired) electrons. The summed E-state index contributed by atoms with van der Waals surface area (Å²) >= 11 is 1.29.